The number of hydrogen-bond acceptors (Lipinski definition) is 2. The van der Waals surface area contributed by atoms with E-state index >= 15 is 0 Å². The third-order valence-corrected chi connectivity index (χ3v) is 5.19. The molecule has 1 aliphatic rings. The van der Waals surface area contributed by atoms with Gasteiger partial charge in [-0.25, -0.2) is 0 Å². The number of benzene rings is 2. The van der Waals surface area contributed by atoms with Crippen LogP contribution >= 0.6 is 23.5 Å². The summed E-state index contributed by atoms with van der Waals surface area (Å²) in [5, 5.41) is 0. The molecule has 3 rings (SSSR count). The molecule has 0 spiro atoms. The summed E-state index contributed by atoms with van der Waals surface area (Å²) in [5.41, 5.74) is 2.78. The zero-order valence-corrected chi connectivity index (χ0v) is 11.2. The van der Waals surface area contributed by atoms with E-state index in [0.29, 0.717) is 0 Å². The third kappa shape index (κ3) is 2.38. The van der Waals surface area contributed by atoms with Gasteiger partial charge in [0.1, 0.15) is 0 Å². The average molecular weight is 258 g/mol. The highest BCUT2D eigenvalue weighted by Gasteiger charge is 2.11. The first kappa shape index (κ1) is 11.2. The summed E-state index contributed by atoms with van der Waals surface area (Å²) in [6, 6.07) is 17.5. The summed E-state index contributed by atoms with van der Waals surface area (Å²) in [6.45, 7) is 0. The molecule has 0 N–H and O–H groups in total. The van der Waals surface area contributed by atoms with Crippen molar-refractivity contribution in [2.75, 3.05) is 11.5 Å². The van der Waals surface area contributed by atoms with Gasteiger partial charge in [0.25, 0.3) is 0 Å². The molecule has 0 bridgehead atoms. The van der Waals surface area contributed by atoms with Gasteiger partial charge in [-0.1, -0.05) is 36.4 Å². The summed E-state index contributed by atoms with van der Waals surface area (Å²) < 4.78 is 0. The van der Waals surface area contributed by atoms with Gasteiger partial charge in [-0.3, -0.25) is 0 Å². The van der Waals surface area contributed by atoms with Gasteiger partial charge in [0.15, 0.2) is 0 Å². The Bertz CT molecular complexity index is 472. The van der Waals surface area contributed by atoms with E-state index in [-0.39, 0.29) is 0 Å². The molecule has 0 unspecified atom stereocenters. The second-order valence-electron chi connectivity index (χ2n) is 4.04. The molecule has 0 fully saturated rings. The van der Waals surface area contributed by atoms with Crippen molar-refractivity contribution < 1.29 is 0 Å². The topological polar surface area (TPSA) is 0 Å². The second-order valence-corrected chi connectivity index (χ2v) is 6.32. The maximum Gasteiger partial charge on any atom is 0.0151 e. The van der Waals surface area contributed by atoms with Gasteiger partial charge in [0.2, 0.25) is 0 Å². The Kier molecular flexibility index (Phi) is 3.44. The van der Waals surface area contributed by atoms with Crippen LogP contribution in [0.15, 0.2) is 58.3 Å². The Morgan fingerprint density at radius 3 is 1.65 bits per heavy atom. The van der Waals surface area contributed by atoms with Crippen LogP contribution in [0.1, 0.15) is 6.42 Å². The summed E-state index contributed by atoms with van der Waals surface area (Å²) in [4.78, 5) is 2.84. The van der Waals surface area contributed by atoms with E-state index < -0.39 is 0 Å². The smallest absolute Gasteiger partial charge is 0.0151 e. The first-order valence-electron chi connectivity index (χ1n) is 5.89. The van der Waals surface area contributed by atoms with Gasteiger partial charge in [-0.2, -0.15) is 0 Å². The normalized spacial score (nSPS) is 15.1. The lowest BCUT2D eigenvalue weighted by Gasteiger charge is -2.10. The minimum Gasteiger partial charge on any atom is -0.125 e. The Morgan fingerprint density at radius 1 is 0.647 bits per heavy atom. The minimum absolute atomic E-state index is 1.22. The fourth-order valence-corrected chi connectivity index (χ4v) is 4.27. The van der Waals surface area contributed by atoms with Gasteiger partial charge in [0.05, 0.1) is 0 Å². The van der Waals surface area contributed by atoms with Crippen LogP contribution in [0.5, 0.6) is 0 Å². The van der Waals surface area contributed by atoms with Crippen molar-refractivity contribution in [3.8, 4) is 11.1 Å². The molecule has 0 aliphatic carbocycles. The summed E-state index contributed by atoms with van der Waals surface area (Å²) in [5.74, 6) is 2.44. The standard InChI is InChI=1S/C15H14S2/c1-3-8-14-12(6-1)13-7-2-4-9-15(13)17-11-5-10-16-14/h1-4,6-9H,5,10-11H2. The lowest BCUT2D eigenvalue weighted by Crippen LogP contribution is -1.84. The summed E-state index contributed by atoms with van der Waals surface area (Å²) >= 11 is 3.97. The van der Waals surface area contributed by atoms with E-state index in [2.05, 4.69) is 48.5 Å². The van der Waals surface area contributed by atoms with Crippen LogP contribution in [-0.2, 0) is 0 Å². The van der Waals surface area contributed by atoms with Gasteiger partial charge in [-0.15, -0.1) is 23.5 Å². The van der Waals surface area contributed by atoms with E-state index in [4.69, 9.17) is 0 Å². The molecule has 86 valence electrons. The molecule has 2 aromatic carbocycles. The van der Waals surface area contributed by atoms with Crippen molar-refractivity contribution in [1.82, 2.24) is 0 Å². The fourth-order valence-electron chi connectivity index (χ4n) is 2.05. The molecule has 0 aromatic heterocycles. The number of thioether (sulfide) groups is 2. The lowest BCUT2D eigenvalue weighted by molar-refractivity contribution is 1.12. The van der Waals surface area contributed by atoms with Gasteiger partial charge >= 0.3 is 0 Å². The molecular weight excluding hydrogens is 244 g/mol. The van der Waals surface area contributed by atoms with Crippen molar-refractivity contribution in [3.05, 3.63) is 48.5 Å². The van der Waals surface area contributed by atoms with Crippen LogP contribution in [0.25, 0.3) is 11.1 Å². The van der Waals surface area contributed by atoms with E-state index in [1.165, 1.54) is 38.8 Å². The highest BCUT2D eigenvalue weighted by Crippen LogP contribution is 2.39. The first-order chi connectivity index (χ1) is 8.45. The highest BCUT2D eigenvalue weighted by atomic mass is 32.2. The van der Waals surface area contributed by atoms with E-state index in [9.17, 15) is 0 Å². The predicted octanol–water partition coefficient (Wildman–Crippen LogP) is 4.94. The molecule has 17 heavy (non-hydrogen) atoms. The maximum atomic E-state index is 2.24. The molecule has 2 heteroatoms. The quantitative estimate of drug-likeness (QED) is 0.656. The zero-order chi connectivity index (χ0) is 11.5. The second kappa shape index (κ2) is 5.19. The van der Waals surface area contributed by atoms with E-state index in [0.717, 1.165) is 0 Å². The third-order valence-electron chi connectivity index (χ3n) is 2.87. The van der Waals surface area contributed by atoms with Crippen molar-refractivity contribution in [2.24, 2.45) is 0 Å². The molecular formula is C15H14S2. The molecule has 1 aliphatic heterocycles. The zero-order valence-electron chi connectivity index (χ0n) is 9.56. The Morgan fingerprint density at radius 2 is 1.12 bits per heavy atom. The fraction of sp³-hybridized carbons (Fsp3) is 0.200. The largest absolute Gasteiger partial charge is 0.125 e. The minimum atomic E-state index is 1.22. The SMILES string of the molecule is c1ccc2c(c1)SCCCSc1ccccc1-2. The number of hydrogen-bond donors (Lipinski definition) is 0. The molecule has 0 amide bonds. The van der Waals surface area contributed by atoms with Crippen LogP contribution in [0.3, 0.4) is 0 Å². The lowest BCUT2D eigenvalue weighted by atomic mass is 10.1. The average Bonchev–Trinajstić information content (AvgIpc) is 2.47. The van der Waals surface area contributed by atoms with Crippen LogP contribution in [-0.4, -0.2) is 11.5 Å². The number of fused-ring (bicyclic) bond motifs is 3. The molecule has 0 radical (unpaired) electrons. The van der Waals surface area contributed by atoms with Gasteiger partial charge in [-0.05, 0) is 41.2 Å². The van der Waals surface area contributed by atoms with Crippen LogP contribution in [0.2, 0.25) is 0 Å². The van der Waals surface area contributed by atoms with Crippen molar-refractivity contribution in [1.29, 1.82) is 0 Å². The molecule has 2 aromatic rings. The van der Waals surface area contributed by atoms with Crippen LogP contribution in [0.4, 0.5) is 0 Å². The number of rotatable bonds is 0. The Balaban J connectivity index is 2.18. The summed E-state index contributed by atoms with van der Waals surface area (Å²) in [7, 11) is 0. The van der Waals surface area contributed by atoms with E-state index in [1.54, 1.807) is 0 Å². The Labute approximate surface area is 111 Å². The summed E-state index contributed by atoms with van der Waals surface area (Å²) in [6.07, 6.45) is 1.28. The molecule has 1 heterocycles. The Hall–Kier alpha value is -0.860. The maximum absolute atomic E-state index is 2.24. The van der Waals surface area contributed by atoms with Gasteiger partial charge < -0.3 is 0 Å². The van der Waals surface area contributed by atoms with Crippen molar-refractivity contribution in [2.45, 2.75) is 16.2 Å². The van der Waals surface area contributed by atoms with Crippen LogP contribution in [0, 0.1) is 0 Å². The van der Waals surface area contributed by atoms with Crippen LogP contribution < -0.4 is 0 Å². The monoisotopic (exact) mass is 258 g/mol. The van der Waals surface area contributed by atoms with Crippen molar-refractivity contribution >= 4 is 23.5 Å². The van der Waals surface area contributed by atoms with Crippen molar-refractivity contribution in [3.63, 3.8) is 0 Å². The first-order valence-corrected chi connectivity index (χ1v) is 7.86. The predicted molar refractivity (Wildman–Crippen MR) is 77.9 cm³/mol. The van der Waals surface area contributed by atoms with Gasteiger partial charge in [0, 0.05) is 9.79 Å². The highest BCUT2D eigenvalue weighted by molar-refractivity contribution is 8.00. The molecule has 0 saturated heterocycles. The molecule has 0 nitrogen and oxygen atoms in total. The van der Waals surface area contributed by atoms with E-state index in [1.807, 2.05) is 23.5 Å². The molecule has 0 saturated carbocycles. The molecule has 0 atom stereocenters.